The highest BCUT2D eigenvalue weighted by atomic mass is 79.9. The minimum absolute atomic E-state index is 0.0762. The highest BCUT2D eigenvalue weighted by molar-refractivity contribution is 9.10. The molecule has 0 saturated carbocycles. The molecule has 0 fully saturated rings. The molecule has 7 nitrogen and oxygen atoms in total. The summed E-state index contributed by atoms with van der Waals surface area (Å²) in [4.78, 5) is 23.5. The molecule has 1 aromatic heterocycles. The van der Waals surface area contributed by atoms with Crippen LogP contribution in [0.4, 0.5) is 10.8 Å². The van der Waals surface area contributed by atoms with Crippen LogP contribution in [0.3, 0.4) is 0 Å². The largest absolute Gasteiger partial charge is 0.492 e. The molecule has 2 aromatic carbocycles. The van der Waals surface area contributed by atoms with E-state index in [1.54, 1.807) is 6.07 Å². The zero-order chi connectivity index (χ0) is 22.6. The lowest BCUT2D eigenvalue weighted by Crippen LogP contribution is -2.23. The Morgan fingerprint density at radius 3 is 2.66 bits per heavy atom. The van der Waals surface area contributed by atoms with Crippen molar-refractivity contribution in [2.45, 2.75) is 19.4 Å². The van der Waals surface area contributed by atoms with E-state index in [4.69, 9.17) is 5.10 Å². The summed E-state index contributed by atoms with van der Waals surface area (Å²) < 4.78 is 0.838. The number of nitrogens with zero attached hydrogens (tertiary/aromatic N) is 5. The maximum atomic E-state index is 12.6. The molecule has 9 heteroatoms. The van der Waals surface area contributed by atoms with Gasteiger partial charge in [0, 0.05) is 35.9 Å². The second kappa shape index (κ2) is 7.83. The van der Waals surface area contributed by atoms with Crippen LogP contribution < -0.4 is 20.5 Å². The second-order valence-corrected chi connectivity index (χ2v) is 9.88. The molecule has 5 rings (SSSR count). The van der Waals surface area contributed by atoms with E-state index in [9.17, 15) is 9.90 Å². The van der Waals surface area contributed by atoms with Crippen LogP contribution in [0, 0.1) is 0 Å². The standard InChI is InChI=1S/C23H20BrN5O2S/c1-12-10-18(13-4-7-15(8-5-13)28(2)3)27-29(12)23-26-22(31)20(32-23)19-16-11-14(24)6-9-17(16)25-21(19)30/h4-9,11-12,31H,10H2,1-3H3. The zero-order valence-corrected chi connectivity index (χ0v) is 20.1. The van der Waals surface area contributed by atoms with Gasteiger partial charge in [-0.1, -0.05) is 39.4 Å². The first kappa shape index (κ1) is 20.8. The van der Waals surface area contributed by atoms with Gasteiger partial charge in [-0.25, -0.2) is 10.0 Å². The van der Waals surface area contributed by atoms with Crippen molar-refractivity contribution in [2.75, 3.05) is 24.0 Å². The molecule has 1 unspecified atom stereocenters. The first-order valence-electron chi connectivity index (χ1n) is 10.1. The predicted molar refractivity (Wildman–Crippen MR) is 130 cm³/mol. The first-order chi connectivity index (χ1) is 15.3. The fourth-order valence-corrected chi connectivity index (χ4v) is 5.29. The Morgan fingerprint density at radius 1 is 1.19 bits per heavy atom. The van der Waals surface area contributed by atoms with Crippen molar-refractivity contribution >= 4 is 55.3 Å². The molecule has 0 aliphatic carbocycles. The minimum atomic E-state index is -0.372. The van der Waals surface area contributed by atoms with E-state index in [1.807, 2.05) is 31.2 Å². The Morgan fingerprint density at radius 2 is 1.94 bits per heavy atom. The number of aromatic nitrogens is 1. The normalized spacial score (nSPS) is 17.4. The van der Waals surface area contributed by atoms with Crippen molar-refractivity contribution < 1.29 is 9.90 Å². The fourth-order valence-electron chi connectivity index (χ4n) is 3.86. The average molecular weight is 510 g/mol. The van der Waals surface area contributed by atoms with Crippen LogP contribution in [0.2, 0.25) is 0 Å². The van der Waals surface area contributed by atoms with E-state index in [0.717, 1.165) is 27.9 Å². The SMILES string of the molecule is CC1CC(c2ccc(N(C)C)cc2)=NN1c1nc(O)c(C2=c3cc(Br)ccc3=NC2=O)s1. The van der Waals surface area contributed by atoms with Gasteiger partial charge in [0.05, 0.1) is 22.7 Å². The summed E-state index contributed by atoms with van der Waals surface area (Å²) in [6.07, 6.45) is 0.762. The van der Waals surface area contributed by atoms with E-state index in [0.29, 0.717) is 26.2 Å². The summed E-state index contributed by atoms with van der Waals surface area (Å²) in [7, 11) is 4.02. The Bertz CT molecular complexity index is 1390. The number of hydrogen-bond acceptors (Lipinski definition) is 7. The number of hydrogen-bond donors (Lipinski definition) is 1. The van der Waals surface area contributed by atoms with Gasteiger partial charge in [0.1, 0.15) is 4.88 Å². The molecule has 3 heterocycles. The topological polar surface area (TPSA) is 81.4 Å². The molecule has 3 aromatic rings. The lowest BCUT2D eigenvalue weighted by atomic mass is 10.0. The third kappa shape index (κ3) is 3.51. The Balaban J connectivity index is 1.52. The van der Waals surface area contributed by atoms with Crippen molar-refractivity contribution in [3.8, 4) is 5.88 Å². The van der Waals surface area contributed by atoms with Gasteiger partial charge < -0.3 is 10.0 Å². The summed E-state index contributed by atoms with van der Waals surface area (Å²) in [5, 5.41) is 19.1. The van der Waals surface area contributed by atoms with Gasteiger partial charge in [0.15, 0.2) is 0 Å². The van der Waals surface area contributed by atoms with Crippen LogP contribution in [-0.2, 0) is 4.79 Å². The number of amides is 1. The lowest BCUT2D eigenvalue weighted by Gasteiger charge is -2.15. The number of fused-ring (bicyclic) bond motifs is 1. The Hall–Kier alpha value is -3.04. The average Bonchev–Trinajstić information content (AvgIpc) is 3.42. The molecule has 0 spiro atoms. The quantitative estimate of drug-likeness (QED) is 0.584. The van der Waals surface area contributed by atoms with E-state index < -0.39 is 0 Å². The number of aromatic hydroxyl groups is 1. The van der Waals surface area contributed by atoms with Crippen molar-refractivity contribution in [1.82, 2.24) is 4.98 Å². The third-order valence-corrected chi connectivity index (χ3v) is 7.08. The summed E-state index contributed by atoms with van der Waals surface area (Å²) in [6, 6.07) is 13.8. The van der Waals surface area contributed by atoms with E-state index in [2.05, 4.69) is 62.0 Å². The van der Waals surface area contributed by atoms with Crippen LogP contribution in [0.25, 0.3) is 5.57 Å². The van der Waals surface area contributed by atoms with Gasteiger partial charge in [0.2, 0.25) is 11.0 Å². The van der Waals surface area contributed by atoms with Crippen LogP contribution in [0.5, 0.6) is 5.88 Å². The molecule has 32 heavy (non-hydrogen) atoms. The van der Waals surface area contributed by atoms with E-state index >= 15 is 0 Å². The molecule has 1 atom stereocenters. The minimum Gasteiger partial charge on any atom is -0.492 e. The molecular formula is C23H20BrN5O2S. The summed E-state index contributed by atoms with van der Waals surface area (Å²) in [5.41, 5.74) is 3.52. The molecule has 0 radical (unpaired) electrons. The number of hydrazone groups is 1. The van der Waals surface area contributed by atoms with Crippen LogP contribution in [0.1, 0.15) is 23.8 Å². The second-order valence-electron chi connectivity index (χ2n) is 7.99. The maximum absolute atomic E-state index is 12.6. The number of halogens is 1. The van der Waals surface area contributed by atoms with Gasteiger partial charge in [-0.3, -0.25) is 4.79 Å². The summed E-state index contributed by atoms with van der Waals surface area (Å²) >= 11 is 4.69. The Labute approximate surface area is 197 Å². The summed E-state index contributed by atoms with van der Waals surface area (Å²) in [5.74, 6) is -0.550. The van der Waals surface area contributed by atoms with Gasteiger partial charge in [-0.05, 0) is 42.8 Å². The smallest absolute Gasteiger partial charge is 0.279 e. The molecule has 0 saturated heterocycles. The monoisotopic (exact) mass is 509 g/mol. The highest BCUT2D eigenvalue weighted by Crippen LogP contribution is 2.38. The number of rotatable bonds is 4. The predicted octanol–water partition coefficient (Wildman–Crippen LogP) is 3.04. The summed E-state index contributed by atoms with van der Waals surface area (Å²) in [6.45, 7) is 2.07. The first-order valence-corrected chi connectivity index (χ1v) is 11.7. The molecule has 1 N–H and O–H groups in total. The van der Waals surface area contributed by atoms with Crippen LogP contribution in [-0.4, -0.2) is 41.8 Å². The zero-order valence-electron chi connectivity index (χ0n) is 17.7. The molecule has 2 aliphatic rings. The van der Waals surface area contributed by atoms with Crippen molar-refractivity contribution in [1.29, 1.82) is 0 Å². The lowest BCUT2D eigenvalue weighted by molar-refractivity contribution is -0.112. The Kier molecular flexibility index (Phi) is 5.10. The molecule has 0 bridgehead atoms. The third-order valence-electron chi connectivity index (χ3n) is 5.54. The van der Waals surface area contributed by atoms with Crippen LogP contribution in [0.15, 0.2) is 57.0 Å². The molecule has 1 amide bonds. The van der Waals surface area contributed by atoms with Crippen LogP contribution >= 0.6 is 27.3 Å². The number of carbonyl (C=O) groups is 1. The molecule has 162 valence electrons. The maximum Gasteiger partial charge on any atom is 0.279 e. The fraction of sp³-hybridized carbons (Fsp3) is 0.217. The number of thiazole rings is 1. The number of benzene rings is 2. The van der Waals surface area contributed by atoms with Gasteiger partial charge in [0.25, 0.3) is 5.91 Å². The van der Waals surface area contributed by atoms with Gasteiger partial charge in [-0.15, -0.1) is 0 Å². The molecule has 2 aliphatic heterocycles. The number of carbonyl (C=O) groups excluding carboxylic acids is 1. The van der Waals surface area contributed by atoms with E-state index in [-0.39, 0.29) is 17.8 Å². The highest BCUT2D eigenvalue weighted by Gasteiger charge is 2.31. The van der Waals surface area contributed by atoms with Gasteiger partial charge >= 0.3 is 0 Å². The van der Waals surface area contributed by atoms with Crippen molar-refractivity contribution in [3.63, 3.8) is 0 Å². The van der Waals surface area contributed by atoms with Crippen molar-refractivity contribution in [3.05, 3.63) is 68.0 Å². The van der Waals surface area contributed by atoms with Gasteiger partial charge in [-0.2, -0.15) is 10.1 Å². The molecular weight excluding hydrogens is 490 g/mol. The van der Waals surface area contributed by atoms with Crippen molar-refractivity contribution in [2.24, 2.45) is 10.1 Å². The van der Waals surface area contributed by atoms with E-state index in [1.165, 1.54) is 11.3 Å². The number of anilines is 2.